The highest BCUT2D eigenvalue weighted by Crippen LogP contribution is 2.23. The SMILES string of the molecule is COc1cccc(C[NH+](C)CC(=O)N[C@@H](C)c2cccc3ccccc23)c1. The van der Waals surface area contributed by atoms with Gasteiger partial charge < -0.3 is 15.0 Å². The summed E-state index contributed by atoms with van der Waals surface area (Å²) in [5.41, 5.74) is 2.30. The van der Waals surface area contributed by atoms with Crippen LogP contribution in [0, 0.1) is 0 Å². The van der Waals surface area contributed by atoms with Crippen LogP contribution in [0.2, 0.25) is 0 Å². The fraction of sp³-hybridized carbons (Fsp3) is 0.261. The number of carbonyl (C=O) groups excluding carboxylic acids is 1. The van der Waals surface area contributed by atoms with Crippen LogP contribution in [-0.4, -0.2) is 26.6 Å². The first-order valence-electron chi connectivity index (χ1n) is 9.28. The number of ether oxygens (including phenoxy) is 1. The van der Waals surface area contributed by atoms with E-state index in [9.17, 15) is 4.79 Å². The summed E-state index contributed by atoms with van der Waals surface area (Å²) in [5.74, 6) is 0.894. The molecule has 0 aliphatic rings. The van der Waals surface area contributed by atoms with E-state index in [0.717, 1.165) is 28.3 Å². The third-order valence-electron chi connectivity index (χ3n) is 4.77. The first-order valence-corrected chi connectivity index (χ1v) is 9.28. The average molecular weight is 363 g/mol. The minimum absolute atomic E-state index is 0.0341. The highest BCUT2D eigenvalue weighted by Gasteiger charge is 2.16. The molecule has 0 heterocycles. The molecule has 3 aromatic carbocycles. The highest BCUT2D eigenvalue weighted by atomic mass is 16.5. The van der Waals surface area contributed by atoms with E-state index < -0.39 is 0 Å². The van der Waals surface area contributed by atoms with Crippen LogP contribution in [0.4, 0.5) is 0 Å². The van der Waals surface area contributed by atoms with Crippen LogP contribution in [-0.2, 0) is 11.3 Å². The Balaban J connectivity index is 1.61. The van der Waals surface area contributed by atoms with E-state index in [-0.39, 0.29) is 11.9 Å². The van der Waals surface area contributed by atoms with Gasteiger partial charge in [-0.3, -0.25) is 4.79 Å². The largest absolute Gasteiger partial charge is 0.497 e. The molecule has 2 N–H and O–H groups in total. The second kappa shape index (κ2) is 8.69. The summed E-state index contributed by atoms with van der Waals surface area (Å²) in [5, 5.41) is 5.52. The summed E-state index contributed by atoms with van der Waals surface area (Å²) in [7, 11) is 3.69. The molecular weight excluding hydrogens is 336 g/mol. The molecule has 1 amide bonds. The zero-order chi connectivity index (χ0) is 19.2. The molecule has 4 nitrogen and oxygen atoms in total. The van der Waals surface area contributed by atoms with Crippen LogP contribution in [0.25, 0.3) is 10.8 Å². The first-order chi connectivity index (χ1) is 13.1. The van der Waals surface area contributed by atoms with Gasteiger partial charge >= 0.3 is 0 Å². The van der Waals surface area contributed by atoms with Gasteiger partial charge in [0.2, 0.25) is 0 Å². The van der Waals surface area contributed by atoms with E-state index in [2.05, 4.69) is 35.6 Å². The minimum Gasteiger partial charge on any atom is -0.497 e. The van der Waals surface area contributed by atoms with E-state index >= 15 is 0 Å². The molecule has 3 aromatic rings. The fourth-order valence-electron chi connectivity index (χ4n) is 3.47. The zero-order valence-electron chi connectivity index (χ0n) is 16.2. The van der Waals surface area contributed by atoms with Crippen molar-refractivity contribution in [2.24, 2.45) is 0 Å². The normalized spacial score (nSPS) is 13.1. The molecule has 2 atom stereocenters. The van der Waals surface area contributed by atoms with Crippen molar-refractivity contribution in [2.75, 3.05) is 20.7 Å². The van der Waals surface area contributed by atoms with Crippen molar-refractivity contribution in [1.82, 2.24) is 5.32 Å². The Bertz CT molecular complexity index is 918. The number of likely N-dealkylation sites (N-methyl/N-ethyl adjacent to an activating group) is 1. The van der Waals surface area contributed by atoms with Gasteiger partial charge in [0.05, 0.1) is 20.2 Å². The zero-order valence-corrected chi connectivity index (χ0v) is 16.2. The number of quaternary nitrogens is 1. The van der Waals surface area contributed by atoms with Gasteiger partial charge in [-0.25, -0.2) is 0 Å². The molecule has 0 spiro atoms. The minimum atomic E-state index is -0.0341. The van der Waals surface area contributed by atoms with Gasteiger partial charge in [-0.15, -0.1) is 0 Å². The molecule has 0 aliphatic heterocycles. The monoisotopic (exact) mass is 363 g/mol. The van der Waals surface area contributed by atoms with Crippen LogP contribution in [0.1, 0.15) is 24.1 Å². The van der Waals surface area contributed by atoms with Crippen LogP contribution in [0.3, 0.4) is 0 Å². The summed E-state index contributed by atoms with van der Waals surface area (Å²) in [6, 6.07) is 22.4. The Morgan fingerprint density at radius 2 is 1.81 bits per heavy atom. The molecule has 0 aliphatic carbocycles. The maximum atomic E-state index is 12.5. The lowest BCUT2D eigenvalue weighted by atomic mass is 10.00. The third-order valence-corrected chi connectivity index (χ3v) is 4.77. The highest BCUT2D eigenvalue weighted by molar-refractivity contribution is 5.87. The fourth-order valence-corrected chi connectivity index (χ4v) is 3.47. The number of nitrogens with one attached hydrogen (secondary N) is 2. The molecule has 4 heteroatoms. The number of fused-ring (bicyclic) bond motifs is 1. The standard InChI is InChI=1S/C23H26N2O2/c1-17(21-13-7-10-19-9-4-5-12-22(19)21)24-23(26)16-25(2)15-18-8-6-11-20(14-18)27-3/h4-14,17H,15-16H2,1-3H3,(H,24,26)/p+1/t17-/m0/s1. The number of rotatable bonds is 7. The number of hydrogen-bond donors (Lipinski definition) is 2. The predicted octanol–water partition coefficient (Wildman–Crippen LogP) is 2.74. The number of methoxy groups -OCH3 is 1. The van der Waals surface area contributed by atoms with Crippen molar-refractivity contribution in [3.05, 3.63) is 77.9 Å². The van der Waals surface area contributed by atoms with Crippen molar-refractivity contribution in [2.45, 2.75) is 19.5 Å². The Labute approximate surface area is 160 Å². The van der Waals surface area contributed by atoms with E-state index in [1.807, 2.05) is 50.4 Å². The van der Waals surface area contributed by atoms with Gasteiger partial charge in [0.15, 0.2) is 6.54 Å². The smallest absolute Gasteiger partial charge is 0.275 e. The summed E-state index contributed by atoms with van der Waals surface area (Å²) >= 11 is 0. The molecule has 0 bridgehead atoms. The predicted molar refractivity (Wildman–Crippen MR) is 109 cm³/mol. The van der Waals surface area contributed by atoms with Crippen LogP contribution in [0.15, 0.2) is 66.7 Å². The van der Waals surface area contributed by atoms with Crippen LogP contribution >= 0.6 is 0 Å². The molecule has 0 radical (unpaired) electrons. The maximum absolute atomic E-state index is 12.5. The summed E-state index contributed by atoms with van der Waals surface area (Å²) in [6.45, 7) is 3.23. The molecule has 0 saturated heterocycles. The van der Waals surface area contributed by atoms with E-state index in [4.69, 9.17) is 4.74 Å². The van der Waals surface area contributed by atoms with E-state index in [1.165, 1.54) is 10.8 Å². The van der Waals surface area contributed by atoms with Crippen molar-refractivity contribution in [3.63, 3.8) is 0 Å². The summed E-state index contributed by atoms with van der Waals surface area (Å²) in [4.78, 5) is 13.7. The average Bonchev–Trinajstić information content (AvgIpc) is 2.67. The molecule has 0 fully saturated rings. The topological polar surface area (TPSA) is 42.8 Å². The van der Waals surface area contributed by atoms with E-state index in [0.29, 0.717) is 6.54 Å². The summed E-state index contributed by atoms with van der Waals surface area (Å²) < 4.78 is 5.27. The van der Waals surface area contributed by atoms with Gasteiger partial charge in [0.25, 0.3) is 5.91 Å². The Morgan fingerprint density at radius 3 is 2.63 bits per heavy atom. The number of hydrogen-bond acceptors (Lipinski definition) is 2. The van der Waals surface area contributed by atoms with Gasteiger partial charge in [-0.1, -0.05) is 54.6 Å². The second-order valence-corrected chi connectivity index (χ2v) is 7.02. The lowest BCUT2D eigenvalue weighted by Crippen LogP contribution is -3.08. The molecular formula is C23H27N2O2+. The van der Waals surface area contributed by atoms with Crippen molar-refractivity contribution >= 4 is 16.7 Å². The number of carbonyl (C=O) groups is 1. The number of amides is 1. The van der Waals surface area contributed by atoms with Gasteiger partial charge in [0.1, 0.15) is 12.3 Å². The lowest BCUT2D eigenvalue weighted by Gasteiger charge is -2.19. The Morgan fingerprint density at radius 1 is 1.07 bits per heavy atom. The molecule has 140 valence electrons. The number of benzene rings is 3. The van der Waals surface area contributed by atoms with Crippen LogP contribution in [0.5, 0.6) is 5.75 Å². The van der Waals surface area contributed by atoms with Crippen molar-refractivity contribution < 1.29 is 14.4 Å². The molecule has 0 saturated carbocycles. The van der Waals surface area contributed by atoms with E-state index in [1.54, 1.807) is 7.11 Å². The Hall–Kier alpha value is -2.85. The third kappa shape index (κ3) is 4.86. The molecule has 27 heavy (non-hydrogen) atoms. The van der Waals surface area contributed by atoms with Gasteiger partial charge in [-0.05, 0) is 35.4 Å². The van der Waals surface area contributed by atoms with Gasteiger partial charge in [0, 0.05) is 5.56 Å². The van der Waals surface area contributed by atoms with Crippen molar-refractivity contribution in [3.8, 4) is 5.75 Å². The Kier molecular flexibility index (Phi) is 6.09. The first kappa shape index (κ1) is 18.9. The lowest BCUT2D eigenvalue weighted by molar-refractivity contribution is -0.885. The molecule has 0 aromatic heterocycles. The van der Waals surface area contributed by atoms with Crippen molar-refractivity contribution in [1.29, 1.82) is 0 Å². The quantitative estimate of drug-likeness (QED) is 0.678. The second-order valence-electron chi connectivity index (χ2n) is 7.02. The maximum Gasteiger partial charge on any atom is 0.275 e. The van der Waals surface area contributed by atoms with Crippen LogP contribution < -0.4 is 15.0 Å². The molecule has 1 unspecified atom stereocenters. The summed E-state index contributed by atoms with van der Waals surface area (Å²) in [6.07, 6.45) is 0. The molecule has 3 rings (SSSR count). The van der Waals surface area contributed by atoms with Gasteiger partial charge in [-0.2, -0.15) is 0 Å².